The number of nitrogens with zero attached hydrogens (tertiary/aromatic N) is 1. The van der Waals surface area contributed by atoms with E-state index in [0.29, 0.717) is 12.0 Å². The minimum atomic E-state index is -0.197. The average molecular weight is 364 g/mol. The molecule has 1 saturated carbocycles. The van der Waals surface area contributed by atoms with Crippen molar-refractivity contribution in [2.75, 3.05) is 7.11 Å². The third-order valence-electron chi connectivity index (χ3n) is 5.10. The van der Waals surface area contributed by atoms with Crippen LogP contribution in [0, 0.1) is 5.92 Å². The molecule has 1 N–H and O–H groups in total. The van der Waals surface area contributed by atoms with E-state index in [1.165, 1.54) is 7.11 Å². The van der Waals surface area contributed by atoms with Crippen LogP contribution in [0.25, 0.3) is 22.2 Å². The summed E-state index contributed by atoms with van der Waals surface area (Å²) in [6, 6.07) is 11.1. The number of hydrogen-bond acceptors (Lipinski definition) is 5. The molecule has 0 bridgehead atoms. The predicted molar refractivity (Wildman–Crippen MR) is 100 cm³/mol. The van der Waals surface area contributed by atoms with E-state index in [0.717, 1.165) is 35.1 Å². The number of furan rings is 1. The highest BCUT2D eigenvalue weighted by molar-refractivity contribution is 5.96. The Balaban J connectivity index is 1.46. The Labute approximate surface area is 156 Å². The van der Waals surface area contributed by atoms with Gasteiger partial charge in [-0.25, -0.2) is 0 Å². The summed E-state index contributed by atoms with van der Waals surface area (Å²) in [7, 11) is 1.40. The predicted octanol–water partition coefficient (Wildman–Crippen LogP) is 3.57. The molecule has 3 aromatic rings. The van der Waals surface area contributed by atoms with Crippen LogP contribution in [-0.2, 0) is 9.53 Å². The normalized spacial score (nSPS) is 19.1. The number of esters is 1. The van der Waals surface area contributed by atoms with Crippen molar-refractivity contribution in [3.63, 3.8) is 0 Å². The van der Waals surface area contributed by atoms with Crippen molar-refractivity contribution in [3.8, 4) is 11.3 Å². The molecule has 1 aliphatic carbocycles. The van der Waals surface area contributed by atoms with Gasteiger partial charge in [0.15, 0.2) is 0 Å². The Morgan fingerprint density at radius 2 is 1.96 bits per heavy atom. The highest BCUT2D eigenvalue weighted by Crippen LogP contribution is 2.28. The Hall–Kier alpha value is -3.15. The zero-order chi connectivity index (χ0) is 18.8. The third kappa shape index (κ3) is 3.43. The minimum absolute atomic E-state index is 0.00243. The second-order valence-electron chi connectivity index (χ2n) is 6.77. The third-order valence-corrected chi connectivity index (χ3v) is 5.10. The summed E-state index contributed by atoms with van der Waals surface area (Å²) in [6.45, 7) is 0. The average Bonchev–Trinajstić information content (AvgIpc) is 3.36. The van der Waals surface area contributed by atoms with Gasteiger partial charge in [0, 0.05) is 28.8 Å². The SMILES string of the molecule is COC(=O)[C@@H]1CC[C@@H](NC(=O)c2ccc(-c3nccc4occc34)cc2)C1. The van der Waals surface area contributed by atoms with Gasteiger partial charge in [-0.3, -0.25) is 14.6 Å². The lowest BCUT2D eigenvalue weighted by atomic mass is 10.1. The second-order valence-corrected chi connectivity index (χ2v) is 6.77. The molecule has 138 valence electrons. The number of carbonyl (C=O) groups excluding carboxylic acids is 2. The van der Waals surface area contributed by atoms with Crippen LogP contribution >= 0.6 is 0 Å². The lowest BCUT2D eigenvalue weighted by molar-refractivity contribution is -0.145. The van der Waals surface area contributed by atoms with E-state index in [9.17, 15) is 9.59 Å². The quantitative estimate of drug-likeness (QED) is 0.716. The summed E-state index contributed by atoms with van der Waals surface area (Å²) in [5, 5.41) is 3.95. The summed E-state index contributed by atoms with van der Waals surface area (Å²) >= 11 is 0. The van der Waals surface area contributed by atoms with Crippen LogP contribution in [-0.4, -0.2) is 30.0 Å². The van der Waals surface area contributed by atoms with Crippen molar-refractivity contribution in [2.24, 2.45) is 5.92 Å². The number of benzene rings is 1. The number of fused-ring (bicyclic) bond motifs is 1. The first-order chi connectivity index (χ1) is 13.2. The Kier molecular flexibility index (Phi) is 4.62. The highest BCUT2D eigenvalue weighted by atomic mass is 16.5. The van der Waals surface area contributed by atoms with E-state index < -0.39 is 0 Å². The minimum Gasteiger partial charge on any atom is -0.469 e. The summed E-state index contributed by atoms with van der Waals surface area (Å²) in [5.41, 5.74) is 3.11. The molecule has 2 heterocycles. The van der Waals surface area contributed by atoms with Gasteiger partial charge in [-0.1, -0.05) is 12.1 Å². The molecule has 4 rings (SSSR count). The van der Waals surface area contributed by atoms with Crippen LogP contribution in [0.2, 0.25) is 0 Å². The van der Waals surface area contributed by atoms with Crippen molar-refractivity contribution >= 4 is 22.8 Å². The summed E-state index contributed by atoms with van der Waals surface area (Å²) < 4.78 is 10.2. The van der Waals surface area contributed by atoms with Crippen LogP contribution in [0.5, 0.6) is 0 Å². The lowest BCUT2D eigenvalue weighted by Crippen LogP contribution is -2.33. The number of amides is 1. The van der Waals surface area contributed by atoms with Crippen molar-refractivity contribution in [1.29, 1.82) is 0 Å². The number of nitrogens with one attached hydrogen (secondary N) is 1. The van der Waals surface area contributed by atoms with Crippen molar-refractivity contribution in [3.05, 3.63) is 54.4 Å². The molecule has 0 spiro atoms. The second kappa shape index (κ2) is 7.23. The molecule has 6 heteroatoms. The molecule has 1 amide bonds. The molecule has 1 aromatic carbocycles. The Bertz CT molecular complexity index is 977. The van der Waals surface area contributed by atoms with Gasteiger partial charge in [0.2, 0.25) is 0 Å². The molecule has 2 atom stereocenters. The number of aromatic nitrogens is 1. The molecule has 0 radical (unpaired) electrons. The molecule has 2 aromatic heterocycles. The maximum atomic E-state index is 12.5. The zero-order valence-electron chi connectivity index (χ0n) is 15.0. The van der Waals surface area contributed by atoms with Crippen molar-refractivity contribution in [2.45, 2.75) is 25.3 Å². The Morgan fingerprint density at radius 1 is 1.15 bits per heavy atom. The maximum absolute atomic E-state index is 12.5. The number of carbonyl (C=O) groups is 2. The first kappa shape index (κ1) is 17.3. The smallest absolute Gasteiger partial charge is 0.308 e. The molecule has 0 saturated heterocycles. The van der Waals surface area contributed by atoms with Crippen molar-refractivity contribution < 1.29 is 18.7 Å². The number of rotatable bonds is 4. The molecule has 1 fully saturated rings. The van der Waals surface area contributed by atoms with Gasteiger partial charge < -0.3 is 14.5 Å². The molecule has 0 unspecified atom stereocenters. The van der Waals surface area contributed by atoms with Gasteiger partial charge in [0.05, 0.1) is 25.0 Å². The maximum Gasteiger partial charge on any atom is 0.308 e. The fraction of sp³-hybridized carbons (Fsp3) is 0.286. The molecule has 0 aliphatic heterocycles. The van der Waals surface area contributed by atoms with E-state index in [1.807, 2.05) is 24.3 Å². The highest BCUT2D eigenvalue weighted by Gasteiger charge is 2.31. The number of methoxy groups -OCH3 is 1. The first-order valence-electron chi connectivity index (χ1n) is 8.97. The fourth-order valence-corrected chi connectivity index (χ4v) is 3.67. The van der Waals surface area contributed by atoms with Crippen molar-refractivity contribution in [1.82, 2.24) is 10.3 Å². The summed E-state index contributed by atoms with van der Waals surface area (Å²) in [4.78, 5) is 28.6. The summed E-state index contributed by atoms with van der Waals surface area (Å²) in [5.74, 6) is -0.451. The first-order valence-corrected chi connectivity index (χ1v) is 8.97. The van der Waals surface area contributed by atoms with E-state index in [1.54, 1.807) is 24.6 Å². The largest absolute Gasteiger partial charge is 0.469 e. The number of pyridine rings is 1. The van der Waals surface area contributed by atoms with Gasteiger partial charge in [0.1, 0.15) is 5.58 Å². The monoisotopic (exact) mass is 364 g/mol. The topological polar surface area (TPSA) is 81.4 Å². The number of ether oxygens (including phenoxy) is 1. The molecular formula is C21H20N2O4. The van der Waals surface area contributed by atoms with E-state index in [4.69, 9.17) is 9.15 Å². The molecule has 1 aliphatic rings. The van der Waals surface area contributed by atoms with Gasteiger partial charge in [0.25, 0.3) is 5.91 Å². The number of hydrogen-bond donors (Lipinski definition) is 1. The van der Waals surface area contributed by atoms with Crippen LogP contribution < -0.4 is 5.32 Å². The zero-order valence-corrected chi connectivity index (χ0v) is 15.0. The lowest BCUT2D eigenvalue weighted by Gasteiger charge is -2.13. The van der Waals surface area contributed by atoms with Crippen LogP contribution in [0.1, 0.15) is 29.6 Å². The standard InChI is InChI=1S/C21H20N2O4/c1-26-21(25)15-6-7-16(12-15)23-20(24)14-4-2-13(3-5-14)19-17-9-11-27-18(17)8-10-22-19/h2-5,8-11,15-16H,6-7,12H2,1H3,(H,23,24)/t15-,16-/m1/s1. The van der Waals surface area contributed by atoms with Gasteiger partial charge >= 0.3 is 5.97 Å². The van der Waals surface area contributed by atoms with Crippen LogP contribution in [0.15, 0.2) is 53.3 Å². The van der Waals surface area contributed by atoms with Crippen LogP contribution in [0.4, 0.5) is 0 Å². The van der Waals surface area contributed by atoms with E-state index in [-0.39, 0.29) is 23.8 Å². The van der Waals surface area contributed by atoms with Gasteiger partial charge in [-0.05, 0) is 43.5 Å². The van der Waals surface area contributed by atoms with E-state index in [2.05, 4.69) is 10.3 Å². The molecule has 6 nitrogen and oxygen atoms in total. The van der Waals surface area contributed by atoms with Crippen LogP contribution in [0.3, 0.4) is 0 Å². The molecule has 27 heavy (non-hydrogen) atoms. The molecular weight excluding hydrogens is 344 g/mol. The fourth-order valence-electron chi connectivity index (χ4n) is 3.67. The Morgan fingerprint density at radius 3 is 2.74 bits per heavy atom. The summed E-state index contributed by atoms with van der Waals surface area (Å²) in [6.07, 6.45) is 5.51. The van der Waals surface area contributed by atoms with Gasteiger partial charge in [-0.15, -0.1) is 0 Å². The van der Waals surface area contributed by atoms with Gasteiger partial charge in [-0.2, -0.15) is 0 Å². The van der Waals surface area contributed by atoms with E-state index >= 15 is 0 Å².